The molecule has 1 N–H and O–H groups in total. The van der Waals surface area contributed by atoms with Crippen LogP contribution in [0, 0.1) is 6.92 Å². The van der Waals surface area contributed by atoms with Gasteiger partial charge in [-0.3, -0.25) is 13.9 Å². The minimum absolute atomic E-state index is 0.157. The maximum atomic E-state index is 13.4. The van der Waals surface area contributed by atoms with Gasteiger partial charge in [-0.15, -0.1) is 0 Å². The van der Waals surface area contributed by atoms with Crippen LogP contribution in [0.3, 0.4) is 0 Å². The molecule has 30 heavy (non-hydrogen) atoms. The molecule has 160 valence electrons. The molecule has 3 atom stereocenters. The SMILES string of the molecule is COc1ccc(S(C)=O)cc1C(=O)NC12CCCC(CC1)N2Cc1ccc(C)cc1. The van der Waals surface area contributed by atoms with E-state index < -0.39 is 10.8 Å². The van der Waals surface area contributed by atoms with Crippen molar-refractivity contribution in [2.24, 2.45) is 0 Å². The van der Waals surface area contributed by atoms with Crippen LogP contribution in [0.4, 0.5) is 0 Å². The summed E-state index contributed by atoms with van der Waals surface area (Å²) < 4.78 is 17.4. The fraction of sp³-hybridized carbons (Fsp3) is 0.458. The molecule has 6 heteroatoms. The molecule has 1 amide bonds. The predicted octanol–water partition coefficient (Wildman–Crippen LogP) is 4.02. The van der Waals surface area contributed by atoms with Crippen molar-refractivity contribution in [2.45, 2.75) is 62.2 Å². The van der Waals surface area contributed by atoms with Crippen molar-refractivity contribution < 1.29 is 13.7 Å². The number of carbonyl (C=O) groups is 1. The number of nitrogens with zero attached hydrogens (tertiary/aromatic N) is 1. The predicted molar refractivity (Wildman–Crippen MR) is 119 cm³/mol. The summed E-state index contributed by atoms with van der Waals surface area (Å²) in [4.78, 5) is 16.5. The summed E-state index contributed by atoms with van der Waals surface area (Å²) in [6.45, 7) is 2.93. The summed E-state index contributed by atoms with van der Waals surface area (Å²) in [6.07, 6.45) is 6.92. The van der Waals surface area contributed by atoms with Crippen LogP contribution in [0.1, 0.15) is 53.6 Å². The van der Waals surface area contributed by atoms with Crippen LogP contribution in [0.25, 0.3) is 0 Å². The molecular weight excluding hydrogens is 396 g/mol. The summed E-state index contributed by atoms with van der Waals surface area (Å²) in [7, 11) is 0.400. The average Bonchev–Trinajstić information content (AvgIpc) is 2.92. The van der Waals surface area contributed by atoms with Gasteiger partial charge in [-0.05, 0) is 62.8 Å². The lowest BCUT2D eigenvalue weighted by Gasteiger charge is -2.45. The van der Waals surface area contributed by atoms with Gasteiger partial charge in [0.2, 0.25) is 0 Å². The summed E-state index contributed by atoms with van der Waals surface area (Å²) in [5, 5.41) is 3.37. The fourth-order valence-corrected chi connectivity index (χ4v) is 5.49. The first-order valence-corrected chi connectivity index (χ1v) is 12.1. The van der Waals surface area contributed by atoms with E-state index in [0.717, 1.165) is 32.2 Å². The second-order valence-corrected chi connectivity index (χ2v) is 9.88. The van der Waals surface area contributed by atoms with Crippen molar-refractivity contribution in [3.8, 4) is 5.75 Å². The molecule has 2 aromatic rings. The Kier molecular flexibility index (Phi) is 5.98. The Morgan fingerprint density at radius 3 is 2.67 bits per heavy atom. The van der Waals surface area contributed by atoms with Gasteiger partial charge in [0, 0.05) is 34.5 Å². The molecule has 2 aliphatic heterocycles. The number of aryl methyl sites for hydroxylation is 1. The van der Waals surface area contributed by atoms with Gasteiger partial charge in [0.15, 0.2) is 0 Å². The van der Waals surface area contributed by atoms with Crippen molar-refractivity contribution >= 4 is 16.7 Å². The molecule has 3 unspecified atom stereocenters. The molecule has 2 aromatic carbocycles. The number of piperidine rings is 1. The Labute approximate surface area is 181 Å². The number of carbonyl (C=O) groups excluding carboxylic acids is 1. The van der Waals surface area contributed by atoms with Crippen LogP contribution in [0.15, 0.2) is 47.4 Å². The number of methoxy groups -OCH3 is 1. The number of ether oxygens (including phenoxy) is 1. The third-order valence-corrected chi connectivity index (χ3v) is 7.49. The third-order valence-electron chi connectivity index (χ3n) is 6.58. The van der Waals surface area contributed by atoms with E-state index in [1.165, 1.54) is 17.5 Å². The van der Waals surface area contributed by atoms with E-state index in [1.807, 2.05) is 0 Å². The quantitative estimate of drug-likeness (QED) is 0.758. The number of amides is 1. The van der Waals surface area contributed by atoms with Crippen molar-refractivity contribution in [1.29, 1.82) is 0 Å². The van der Waals surface area contributed by atoms with Crippen LogP contribution in [0.2, 0.25) is 0 Å². The minimum atomic E-state index is -1.16. The van der Waals surface area contributed by atoms with E-state index in [-0.39, 0.29) is 11.6 Å². The topological polar surface area (TPSA) is 58.6 Å². The number of rotatable bonds is 6. The van der Waals surface area contributed by atoms with Crippen LogP contribution in [0.5, 0.6) is 5.75 Å². The molecular formula is C24H30N2O3S. The van der Waals surface area contributed by atoms with Crippen LogP contribution >= 0.6 is 0 Å². The maximum absolute atomic E-state index is 13.4. The second-order valence-electron chi connectivity index (χ2n) is 8.50. The van der Waals surface area contributed by atoms with E-state index >= 15 is 0 Å². The van der Waals surface area contributed by atoms with E-state index in [2.05, 4.69) is 41.4 Å². The Hall–Kier alpha value is -2.18. The van der Waals surface area contributed by atoms with Gasteiger partial charge in [0.25, 0.3) is 5.91 Å². The molecule has 0 saturated carbocycles. The first-order chi connectivity index (χ1) is 14.4. The van der Waals surface area contributed by atoms with Gasteiger partial charge >= 0.3 is 0 Å². The Bertz CT molecular complexity index is 955. The van der Waals surface area contributed by atoms with Crippen LogP contribution in [-0.4, -0.2) is 40.1 Å². The van der Waals surface area contributed by atoms with Crippen molar-refractivity contribution in [3.05, 3.63) is 59.2 Å². The largest absolute Gasteiger partial charge is 0.496 e. The number of hydrogen-bond donors (Lipinski definition) is 1. The lowest BCUT2D eigenvalue weighted by atomic mass is 9.95. The highest BCUT2D eigenvalue weighted by Crippen LogP contribution is 2.43. The van der Waals surface area contributed by atoms with Crippen molar-refractivity contribution in [1.82, 2.24) is 10.2 Å². The smallest absolute Gasteiger partial charge is 0.256 e. The zero-order valence-corrected chi connectivity index (χ0v) is 18.8. The molecule has 0 aromatic heterocycles. The molecule has 5 nitrogen and oxygen atoms in total. The van der Waals surface area contributed by atoms with Gasteiger partial charge in [0.05, 0.1) is 18.3 Å². The Morgan fingerprint density at radius 1 is 1.20 bits per heavy atom. The second kappa shape index (κ2) is 8.52. The lowest BCUT2D eigenvalue weighted by molar-refractivity contribution is 0.0184. The van der Waals surface area contributed by atoms with Crippen molar-refractivity contribution in [2.75, 3.05) is 13.4 Å². The van der Waals surface area contributed by atoms with Gasteiger partial charge in [-0.1, -0.05) is 29.8 Å². The Morgan fingerprint density at radius 2 is 1.97 bits per heavy atom. The molecule has 2 saturated heterocycles. The molecule has 2 fully saturated rings. The van der Waals surface area contributed by atoms with Crippen LogP contribution in [-0.2, 0) is 17.3 Å². The first kappa shape index (κ1) is 21.1. The van der Waals surface area contributed by atoms with E-state index in [0.29, 0.717) is 22.3 Å². The molecule has 0 radical (unpaired) electrons. The standard InChI is InChI=1S/C24H30N2O3S/c1-17-6-8-18(9-7-17)16-26-19-5-4-13-24(26,14-12-19)25-23(27)21-15-20(30(3)28)10-11-22(21)29-2/h6-11,15,19H,4-5,12-14,16H2,1-3H3,(H,25,27). The van der Waals surface area contributed by atoms with E-state index in [4.69, 9.17) is 4.74 Å². The summed E-state index contributed by atoms with van der Waals surface area (Å²) in [6, 6.07) is 14.3. The molecule has 0 aliphatic carbocycles. The van der Waals surface area contributed by atoms with E-state index in [9.17, 15) is 9.00 Å². The molecule has 2 bridgehead atoms. The highest BCUT2D eigenvalue weighted by atomic mass is 32.2. The van der Waals surface area contributed by atoms with Gasteiger partial charge < -0.3 is 10.1 Å². The monoisotopic (exact) mass is 426 g/mol. The molecule has 0 spiro atoms. The number of benzene rings is 2. The summed E-state index contributed by atoms with van der Waals surface area (Å²) >= 11 is 0. The van der Waals surface area contributed by atoms with Gasteiger partial charge in [-0.2, -0.15) is 0 Å². The maximum Gasteiger partial charge on any atom is 0.256 e. The highest BCUT2D eigenvalue weighted by Gasteiger charge is 2.49. The van der Waals surface area contributed by atoms with Gasteiger partial charge in [0.1, 0.15) is 5.75 Å². The van der Waals surface area contributed by atoms with E-state index in [1.54, 1.807) is 31.6 Å². The number of nitrogens with one attached hydrogen (secondary N) is 1. The zero-order valence-electron chi connectivity index (χ0n) is 17.9. The third kappa shape index (κ3) is 4.03. The molecule has 4 rings (SSSR count). The van der Waals surface area contributed by atoms with Gasteiger partial charge in [-0.25, -0.2) is 0 Å². The fourth-order valence-electron chi connectivity index (χ4n) is 4.94. The first-order valence-electron chi connectivity index (χ1n) is 10.6. The lowest BCUT2D eigenvalue weighted by Crippen LogP contribution is -2.60. The summed E-state index contributed by atoms with van der Waals surface area (Å²) in [5.41, 5.74) is 2.64. The zero-order chi connectivity index (χ0) is 21.3. The van der Waals surface area contributed by atoms with Crippen LogP contribution < -0.4 is 10.1 Å². The minimum Gasteiger partial charge on any atom is -0.496 e. The Balaban J connectivity index is 1.61. The number of hydrogen-bond acceptors (Lipinski definition) is 4. The molecule has 2 aliphatic rings. The highest BCUT2D eigenvalue weighted by molar-refractivity contribution is 7.84. The number of fused-ring (bicyclic) bond motifs is 2. The summed E-state index contributed by atoms with van der Waals surface area (Å²) in [5.74, 6) is 0.351. The average molecular weight is 427 g/mol. The van der Waals surface area contributed by atoms with Crippen molar-refractivity contribution in [3.63, 3.8) is 0 Å². The normalized spacial score (nSPS) is 24.4. The molecule has 2 heterocycles.